The first kappa shape index (κ1) is 21.2. The summed E-state index contributed by atoms with van der Waals surface area (Å²) in [6.45, 7) is 2.71. The largest absolute Gasteiger partial charge is 0.497 e. The summed E-state index contributed by atoms with van der Waals surface area (Å²) in [5.41, 5.74) is 1.33. The maximum Gasteiger partial charge on any atom is 0.295 e. The van der Waals surface area contributed by atoms with E-state index >= 15 is 0 Å². The summed E-state index contributed by atoms with van der Waals surface area (Å²) in [4.78, 5) is 12.6. The lowest BCUT2D eigenvalue weighted by Crippen LogP contribution is -1.97. The van der Waals surface area contributed by atoms with Gasteiger partial charge < -0.3 is 23.9 Å². The lowest BCUT2D eigenvalue weighted by atomic mass is 10.2. The molecule has 0 bridgehead atoms. The third-order valence-electron chi connectivity index (χ3n) is 4.82. The van der Waals surface area contributed by atoms with Crippen LogP contribution in [-0.2, 0) is 6.54 Å². The van der Waals surface area contributed by atoms with Crippen LogP contribution in [0.25, 0.3) is 10.9 Å². The van der Waals surface area contributed by atoms with Crippen molar-refractivity contribution in [1.29, 1.82) is 0 Å². The molecule has 0 atom stereocenters. The second-order valence-electron chi connectivity index (χ2n) is 6.64. The van der Waals surface area contributed by atoms with Gasteiger partial charge in [0.25, 0.3) is 5.91 Å². The van der Waals surface area contributed by atoms with E-state index < -0.39 is 5.91 Å². The summed E-state index contributed by atoms with van der Waals surface area (Å²) in [7, 11) is 4.57. The van der Waals surface area contributed by atoms with Gasteiger partial charge in [-0.2, -0.15) is 0 Å². The predicted octanol–water partition coefficient (Wildman–Crippen LogP) is 5.10. The molecule has 8 nitrogen and oxygen atoms in total. The molecule has 0 aliphatic rings. The number of nitrogens with zero attached hydrogens (tertiary/aromatic N) is 3. The van der Waals surface area contributed by atoms with Gasteiger partial charge in [0.05, 0.1) is 26.8 Å². The monoisotopic (exact) mass is 411 g/mol. The average molecular weight is 411 g/mol. The molecule has 1 heterocycles. The third-order valence-corrected chi connectivity index (χ3v) is 4.82. The fourth-order valence-electron chi connectivity index (χ4n) is 3.19. The highest BCUT2D eigenvalue weighted by molar-refractivity contribution is 5.98. The molecule has 3 rings (SSSR count). The Kier molecular flexibility index (Phi) is 6.56. The van der Waals surface area contributed by atoms with Crippen LogP contribution in [0.1, 0.15) is 30.1 Å². The standard InChI is InChI=1S/C22H25N3O5/c1-5-6-11-25-17-9-8-15(28-2)13-16(17)20(22(25)27)23-24-21(26)14-7-10-18(29-3)19(12-14)30-4/h7-10,12-13,27H,5-6,11H2,1-4H3. The molecule has 0 spiro atoms. The van der Waals surface area contributed by atoms with Crippen molar-refractivity contribution in [2.45, 2.75) is 26.3 Å². The second kappa shape index (κ2) is 9.30. The lowest BCUT2D eigenvalue weighted by molar-refractivity contribution is 0.0994. The summed E-state index contributed by atoms with van der Waals surface area (Å²) in [6, 6.07) is 10.2. The fraction of sp³-hybridized carbons (Fsp3) is 0.318. The van der Waals surface area contributed by atoms with Crippen LogP contribution in [-0.4, -0.2) is 36.9 Å². The smallest absolute Gasteiger partial charge is 0.295 e. The minimum Gasteiger partial charge on any atom is -0.497 e. The highest BCUT2D eigenvalue weighted by atomic mass is 16.5. The van der Waals surface area contributed by atoms with Gasteiger partial charge in [0.15, 0.2) is 17.2 Å². The van der Waals surface area contributed by atoms with E-state index in [9.17, 15) is 9.90 Å². The highest BCUT2D eigenvalue weighted by Crippen LogP contribution is 2.41. The van der Waals surface area contributed by atoms with Crippen LogP contribution in [0, 0.1) is 0 Å². The predicted molar refractivity (Wildman–Crippen MR) is 113 cm³/mol. The van der Waals surface area contributed by atoms with Gasteiger partial charge in [0.2, 0.25) is 5.88 Å². The molecular weight excluding hydrogens is 386 g/mol. The van der Waals surface area contributed by atoms with Gasteiger partial charge in [-0.15, -0.1) is 10.2 Å². The zero-order valence-electron chi connectivity index (χ0n) is 17.5. The van der Waals surface area contributed by atoms with Crippen molar-refractivity contribution in [3.8, 4) is 23.1 Å². The van der Waals surface area contributed by atoms with E-state index in [4.69, 9.17) is 14.2 Å². The molecule has 0 fully saturated rings. The molecule has 3 aromatic rings. The maximum atomic E-state index is 12.6. The quantitative estimate of drug-likeness (QED) is 0.521. The van der Waals surface area contributed by atoms with Gasteiger partial charge in [-0.3, -0.25) is 4.79 Å². The number of unbranched alkanes of at least 4 members (excludes halogenated alkanes) is 1. The molecule has 1 aromatic heterocycles. The SMILES string of the molecule is CCCCn1c(O)c(N=NC(=O)c2ccc(OC)c(OC)c2)c2cc(OC)ccc21. The molecule has 0 aliphatic heterocycles. The number of aromatic nitrogens is 1. The minimum absolute atomic E-state index is 0.0319. The summed E-state index contributed by atoms with van der Waals surface area (Å²) < 4.78 is 17.5. The normalized spacial score (nSPS) is 11.2. The molecule has 158 valence electrons. The molecule has 0 saturated heterocycles. The van der Waals surface area contributed by atoms with Crippen molar-refractivity contribution in [2.75, 3.05) is 21.3 Å². The third kappa shape index (κ3) is 4.07. The van der Waals surface area contributed by atoms with Crippen LogP contribution in [0.2, 0.25) is 0 Å². The topological polar surface area (TPSA) is 94.6 Å². The molecule has 2 aromatic carbocycles. The van der Waals surface area contributed by atoms with E-state index in [0.29, 0.717) is 34.7 Å². The van der Waals surface area contributed by atoms with Crippen LogP contribution in [0.4, 0.5) is 5.69 Å². The van der Waals surface area contributed by atoms with Crippen LogP contribution in [0.3, 0.4) is 0 Å². The van der Waals surface area contributed by atoms with Gasteiger partial charge in [0, 0.05) is 17.5 Å². The Morgan fingerprint density at radius 2 is 1.80 bits per heavy atom. The van der Waals surface area contributed by atoms with Crippen molar-refractivity contribution in [3.05, 3.63) is 42.0 Å². The van der Waals surface area contributed by atoms with Crippen LogP contribution in [0.15, 0.2) is 46.6 Å². The number of hydrogen-bond donors (Lipinski definition) is 1. The van der Waals surface area contributed by atoms with Crippen LogP contribution < -0.4 is 14.2 Å². The number of hydrogen-bond acceptors (Lipinski definition) is 6. The molecule has 0 unspecified atom stereocenters. The first-order chi connectivity index (χ1) is 14.5. The van der Waals surface area contributed by atoms with E-state index in [-0.39, 0.29) is 11.6 Å². The van der Waals surface area contributed by atoms with Crippen LogP contribution in [0.5, 0.6) is 23.1 Å². The van der Waals surface area contributed by atoms with Gasteiger partial charge in [0.1, 0.15) is 5.75 Å². The number of fused-ring (bicyclic) bond motifs is 1. The molecule has 0 aliphatic carbocycles. The first-order valence-electron chi connectivity index (χ1n) is 9.61. The summed E-state index contributed by atoms with van der Waals surface area (Å²) in [5, 5.41) is 19.3. The van der Waals surface area contributed by atoms with Crippen molar-refractivity contribution in [2.24, 2.45) is 10.2 Å². The maximum absolute atomic E-state index is 12.6. The number of azo groups is 1. The number of amides is 1. The van der Waals surface area contributed by atoms with E-state index in [2.05, 4.69) is 17.2 Å². The molecule has 0 saturated carbocycles. The van der Waals surface area contributed by atoms with Gasteiger partial charge >= 0.3 is 0 Å². The van der Waals surface area contributed by atoms with Crippen molar-refractivity contribution < 1.29 is 24.1 Å². The van der Waals surface area contributed by atoms with Crippen molar-refractivity contribution >= 4 is 22.5 Å². The Morgan fingerprint density at radius 1 is 1.03 bits per heavy atom. The summed E-state index contributed by atoms with van der Waals surface area (Å²) >= 11 is 0. The van der Waals surface area contributed by atoms with E-state index in [1.807, 2.05) is 12.1 Å². The Bertz CT molecular complexity index is 1090. The Labute approximate surface area is 174 Å². The van der Waals surface area contributed by atoms with Gasteiger partial charge in [-0.05, 0) is 42.8 Å². The number of aromatic hydroxyl groups is 1. The van der Waals surface area contributed by atoms with Crippen molar-refractivity contribution in [1.82, 2.24) is 4.57 Å². The molecule has 0 radical (unpaired) electrons. The number of aryl methyl sites for hydroxylation is 1. The average Bonchev–Trinajstić information content (AvgIpc) is 3.04. The number of carbonyl (C=O) groups is 1. The van der Waals surface area contributed by atoms with E-state index in [1.165, 1.54) is 20.3 Å². The molecule has 30 heavy (non-hydrogen) atoms. The molecule has 1 amide bonds. The lowest BCUT2D eigenvalue weighted by Gasteiger charge is -2.07. The van der Waals surface area contributed by atoms with Gasteiger partial charge in [-0.25, -0.2) is 0 Å². The fourth-order valence-corrected chi connectivity index (χ4v) is 3.19. The number of carbonyl (C=O) groups excluding carboxylic acids is 1. The van der Waals surface area contributed by atoms with Crippen molar-refractivity contribution in [3.63, 3.8) is 0 Å². The molecular formula is C22H25N3O5. The van der Waals surface area contributed by atoms with Crippen LogP contribution >= 0.6 is 0 Å². The number of ether oxygens (including phenoxy) is 3. The minimum atomic E-state index is -0.562. The number of rotatable bonds is 8. The highest BCUT2D eigenvalue weighted by Gasteiger charge is 2.18. The van der Waals surface area contributed by atoms with Gasteiger partial charge in [-0.1, -0.05) is 13.3 Å². The van der Waals surface area contributed by atoms with E-state index in [0.717, 1.165) is 18.4 Å². The summed E-state index contributed by atoms with van der Waals surface area (Å²) in [5.74, 6) is 0.957. The summed E-state index contributed by atoms with van der Waals surface area (Å²) in [6.07, 6.45) is 1.87. The number of benzene rings is 2. The molecule has 1 N–H and O–H groups in total. The Balaban J connectivity index is 2.00. The zero-order valence-corrected chi connectivity index (χ0v) is 17.5. The zero-order chi connectivity index (χ0) is 21.7. The second-order valence-corrected chi connectivity index (χ2v) is 6.64. The van der Waals surface area contributed by atoms with E-state index in [1.54, 1.807) is 29.9 Å². The molecule has 8 heteroatoms. The Hall–Kier alpha value is -3.55. The Morgan fingerprint density at radius 3 is 2.47 bits per heavy atom. The first-order valence-corrected chi connectivity index (χ1v) is 9.61. The number of methoxy groups -OCH3 is 3.